The summed E-state index contributed by atoms with van der Waals surface area (Å²) in [5, 5.41) is 5.02. The maximum atomic E-state index is 11.7. The molecule has 0 radical (unpaired) electrons. The Morgan fingerprint density at radius 1 is 1.33 bits per heavy atom. The number of amides is 2. The van der Waals surface area contributed by atoms with Gasteiger partial charge < -0.3 is 10.6 Å². The van der Waals surface area contributed by atoms with E-state index in [0.29, 0.717) is 12.3 Å². The lowest BCUT2D eigenvalue weighted by Gasteiger charge is -2.04. The maximum absolute atomic E-state index is 11.7. The third kappa shape index (κ3) is 4.12. The highest BCUT2D eigenvalue weighted by atomic mass is 32.2. The fraction of sp³-hybridized carbons (Fsp3) is 0.300. The molecule has 0 unspecified atom stereocenters. The maximum Gasteiger partial charge on any atom is 0.314 e. The number of carbonyl (C=O) groups is 1. The molecule has 0 aromatic heterocycles. The Morgan fingerprint density at radius 2 is 2.00 bits per heavy atom. The van der Waals surface area contributed by atoms with Crippen molar-refractivity contribution in [3.8, 4) is 0 Å². The van der Waals surface area contributed by atoms with Crippen LogP contribution in [0.25, 0.3) is 0 Å². The van der Waals surface area contributed by atoms with E-state index in [1.165, 1.54) is 0 Å². The Morgan fingerprint density at radius 3 is 2.60 bits per heavy atom. The average molecular weight is 226 g/mol. The summed E-state index contributed by atoms with van der Waals surface area (Å²) < 4.78 is 11.7. The van der Waals surface area contributed by atoms with Gasteiger partial charge in [0.1, 0.15) is 0 Å². The highest BCUT2D eigenvalue weighted by Gasteiger charge is 2.03. The van der Waals surface area contributed by atoms with Crippen LogP contribution in [-0.2, 0) is 10.8 Å². The van der Waals surface area contributed by atoms with Gasteiger partial charge in [-0.2, -0.15) is 0 Å². The Labute approximate surface area is 91.5 Å². The zero-order valence-electron chi connectivity index (χ0n) is 8.53. The number of hydrogen-bond acceptors (Lipinski definition) is 2. The Hall–Kier alpha value is -1.36. The van der Waals surface area contributed by atoms with Crippen LogP contribution in [0, 0.1) is 0 Å². The van der Waals surface area contributed by atoms with Crippen LogP contribution in [0.3, 0.4) is 0 Å². The van der Waals surface area contributed by atoms with Crippen LogP contribution in [0.15, 0.2) is 35.2 Å². The first-order chi connectivity index (χ1) is 7.24. The van der Waals surface area contributed by atoms with Gasteiger partial charge in [0.05, 0.1) is 10.8 Å². The van der Waals surface area contributed by atoms with Crippen LogP contribution in [0.5, 0.6) is 0 Å². The summed E-state index contributed by atoms with van der Waals surface area (Å²) in [6.45, 7) is 0.404. The second-order valence-corrected chi connectivity index (χ2v) is 4.44. The van der Waals surface area contributed by atoms with Crippen LogP contribution < -0.4 is 10.6 Å². The van der Waals surface area contributed by atoms with Gasteiger partial charge in [0.2, 0.25) is 0 Å². The lowest BCUT2D eigenvalue weighted by molar-refractivity contribution is 0.243. The molecule has 1 atom stereocenters. The summed E-state index contributed by atoms with van der Waals surface area (Å²) in [5.41, 5.74) is 0. The molecule has 0 saturated carbocycles. The smallest absolute Gasteiger partial charge is 0.314 e. The number of benzene rings is 1. The summed E-state index contributed by atoms with van der Waals surface area (Å²) in [6, 6.07) is 8.95. The SMILES string of the molecule is CNC(=O)NCC[S@@](=O)c1ccccc1. The molecule has 0 aliphatic heterocycles. The zero-order chi connectivity index (χ0) is 11.1. The first-order valence-corrected chi connectivity index (χ1v) is 5.95. The van der Waals surface area contributed by atoms with Crippen molar-refractivity contribution in [2.75, 3.05) is 19.3 Å². The molecule has 5 heteroatoms. The standard InChI is InChI=1S/C10H14N2O2S/c1-11-10(13)12-7-8-15(14)9-5-3-2-4-6-9/h2-6H,7-8H2,1H3,(H2,11,12,13)/t15-/m1/s1. The number of urea groups is 1. The molecule has 4 nitrogen and oxygen atoms in total. The third-order valence-corrected chi connectivity index (χ3v) is 3.18. The minimum atomic E-state index is -1.04. The fourth-order valence-electron chi connectivity index (χ4n) is 1.04. The van der Waals surface area contributed by atoms with Crippen molar-refractivity contribution in [2.45, 2.75) is 4.90 Å². The van der Waals surface area contributed by atoms with Gasteiger partial charge in [-0.15, -0.1) is 0 Å². The van der Waals surface area contributed by atoms with E-state index >= 15 is 0 Å². The second-order valence-electron chi connectivity index (χ2n) is 2.87. The highest BCUT2D eigenvalue weighted by Crippen LogP contribution is 2.04. The number of rotatable bonds is 4. The summed E-state index contributed by atoms with van der Waals surface area (Å²) in [4.78, 5) is 11.6. The van der Waals surface area contributed by atoms with Crippen molar-refractivity contribution < 1.29 is 9.00 Å². The van der Waals surface area contributed by atoms with Crippen molar-refractivity contribution in [2.24, 2.45) is 0 Å². The van der Waals surface area contributed by atoms with E-state index in [9.17, 15) is 9.00 Å². The molecular formula is C10H14N2O2S. The van der Waals surface area contributed by atoms with Gasteiger partial charge in [0, 0.05) is 24.2 Å². The van der Waals surface area contributed by atoms with E-state index in [1.807, 2.05) is 30.3 Å². The first kappa shape index (κ1) is 11.7. The average Bonchev–Trinajstić information content (AvgIpc) is 2.29. The minimum Gasteiger partial charge on any atom is -0.341 e. The van der Waals surface area contributed by atoms with Crippen LogP contribution in [0.1, 0.15) is 0 Å². The molecular weight excluding hydrogens is 212 g/mol. The largest absolute Gasteiger partial charge is 0.341 e. The van der Waals surface area contributed by atoms with E-state index in [2.05, 4.69) is 10.6 Å². The molecule has 0 bridgehead atoms. The topological polar surface area (TPSA) is 58.2 Å². The van der Waals surface area contributed by atoms with E-state index < -0.39 is 10.8 Å². The molecule has 2 N–H and O–H groups in total. The van der Waals surface area contributed by atoms with Crippen molar-refractivity contribution in [3.63, 3.8) is 0 Å². The van der Waals surface area contributed by atoms with Gasteiger partial charge >= 0.3 is 6.03 Å². The normalized spacial score (nSPS) is 11.8. The summed E-state index contributed by atoms with van der Waals surface area (Å²) in [7, 11) is 0.501. The molecule has 1 aromatic carbocycles. The van der Waals surface area contributed by atoms with Gasteiger partial charge in [0.15, 0.2) is 0 Å². The van der Waals surface area contributed by atoms with Gasteiger partial charge in [-0.3, -0.25) is 4.21 Å². The zero-order valence-corrected chi connectivity index (χ0v) is 9.34. The Balaban J connectivity index is 2.34. The summed E-state index contributed by atoms with van der Waals surface area (Å²) in [5.74, 6) is 0.428. The predicted octanol–water partition coefficient (Wildman–Crippen LogP) is 0.723. The number of nitrogens with one attached hydrogen (secondary N) is 2. The van der Waals surface area contributed by atoms with Crippen LogP contribution in [-0.4, -0.2) is 29.6 Å². The second kappa shape index (κ2) is 6.19. The Bertz CT molecular complexity index is 341. The Kier molecular flexibility index (Phi) is 4.83. The molecule has 0 aliphatic rings. The quantitative estimate of drug-likeness (QED) is 0.795. The molecule has 2 amide bonds. The van der Waals surface area contributed by atoms with E-state index in [4.69, 9.17) is 0 Å². The van der Waals surface area contributed by atoms with E-state index in [0.717, 1.165) is 4.90 Å². The van der Waals surface area contributed by atoms with Gasteiger partial charge in [-0.25, -0.2) is 4.79 Å². The number of carbonyl (C=O) groups excluding carboxylic acids is 1. The molecule has 0 spiro atoms. The van der Waals surface area contributed by atoms with Gasteiger partial charge in [-0.05, 0) is 12.1 Å². The van der Waals surface area contributed by atoms with Crippen molar-refractivity contribution in [1.29, 1.82) is 0 Å². The first-order valence-electron chi connectivity index (χ1n) is 4.63. The molecule has 82 valence electrons. The lowest BCUT2D eigenvalue weighted by Crippen LogP contribution is -2.35. The molecule has 0 aliphatic carbocycles. The van der Waals surface area contributed by atoms with E-state index in [1.54, 1.807) is 7.05 Å². The predicted molar refractivity (Wildman–Crippen MR) is 60.2 cm³/mol. The summed E-state index contributed by atoms with van der Waals surface area (Å²) >= 11 is 0. The van der Waals surface area contributed by atoms with Gasteiger partial charge in [0.25, 0.3) is 0 Å². The molecule has 0 saturated heterocycles. The molecule has 0 fully saturated rings. The molecule has 0 heterocycles. The van der Waals surface area contributed by atoms with Crippen LogP contribution >= 0.6 is 0 Å². The summed E-state index contributed by atoms with van der Waals surface area (Å²) in [6.07, 6.45) is 0. The van der Waals surface area contributed by atoms with Gasteiger partial charge in [-0.1, -0.05) is 18.2 Å². The monoisotopic (exact) mass is 226 g/mol. The highest BCUT2D eigenvalue weighted by molar-refractivity contribution is 7.85. The molecule has 1 aromatic rings. The fourth-order valence-corrected chi connectivity index (χ4v) is 2.02. The van der Waals surface area contributed by atoms with Crippen molar-refractivity contribution in [1.82, 2.24) is 10.6 Å². The lowest BCUT2D eigenvalue weighted by atomic mass is 10.4. The molecule has 15 heavy (non-hydrogen) atoms. The van der Waals surface area contributed by atoms with Crippen molar-refractivity contribution in [3.05, 3.63) is 30.3 Å². The van der Waals surface area contributed by atoms with Crippen LogP contribution in [0.4, 0.5) is 4.79 Å². The third-order valence-electron chi connectivity index (χ3n) is 1.81. The number of hydrogen-bond donors (Lipinski definition) is 2. The van der Waals surface area contributed by atoms with Crippen molar-refractivity contribution >= 4 is 16.8 Å². The van der Waals surface area contributed by atoms with E-state index in [-0.39, 0.29) is 6.03 Å². The minimum absolute atomic E-state index is 0.250. The van der Waals surface area contributed by atoms with Crippen LogP contribution in [0.2, 0.25) is 0 Å². The molecule has 1 rings (SSSR count).